The van der Waals surface area contributed by atoms with E-state index in [9.17, 15) is 5.26 Å². The topological polar surface area (TPSA) is 57.9 Å². The van der Waals surface area contributed by atoms with Gasteiger partial charge in [0.25, 0.3) is 0 Å². The zero-order valence-electron chi connectivity index (χ0n) is 15.8. The first kappa shape index (κ1) is 20.2. The maximum atomic E-state index is 9.61. The molecule has 0 radical (unpaired) electrons. The van der Waals surface area contributed by atoms with Crippen molar-refractivity contribution in [2.45, 2.75) is 0 Å². The first-order valence-corrected chi connectivity index (χ1v) is 10.5. The molecule has 0 amide bonds. The van der Waals surface area contributed by atoms with Crippen molar-refractivity contribution in [3.8, 4) is 11.8 Å². The van der Waals surface area contributed by atoms with Gasteiger partial charge in [-0.3, -0.25) is 4.98 Å². The van der Waals surface area contributed by atoms with Crippen LogP contribution < -0.4 is 10.1 Å². The van der Waals surface area contributed by atoms with E-state index in [0.29, 0.717) is 32.7 Å². The summed E-state index contributed by atoms with van der Waals surface area (Å²) in [4.78, 5) is 5.46. The van der Waals surface area contributed by atoms with Crippen LogP contribution in [0.15, 0.2) is 54.7 Å². The van der Waals surface area contributed by atoms with Crippen molar-refractivity contribution in [1.82, 2.24) is 4.98 Å². The summed E-state index contributed by atoms with van der Waals surface area (Å²) in [5.41, 5.74) is 3.58. The van der Waals surface area contributed by atoms with Crippen molar-refractivity contribution in [2.75, 3.05) is 12.4 Å². The molecular weight excluding hydrogens is 437 g/mol. The van der Waals surface area contributed by atoms with E-state index in [1.807, 2.05) is 48.6 Å². The first-order valence-electron chi connectivity index (χ1n) is 8.95. The molecule has 0 aliphatic carbocycles. The van der Waals surface area contributed by atoms with Gasteiger partial charge in [-0.15, -0.1) is 11.3 Å². The van der Waals surface area contributed by atoms with Crippen molar-refractivity contribution in [3.63, 3.8) is 0 Å². The molecule has 0 bridgehead atoms. The van der Waals surface area contributed by atoms with Gasteiger partial charge in [0.1, 0.15) is 11.8 Å². The summed E-state index contributed by atoms with van der Waals surface area (Å²) >= 11 is 14.1. The number of nitriles is 1. The molecule has 30 heavy (non-hydrogen) atoms. The van der Waals surface area contributed by atoms with Crippen LogP contribution >= 0.6 is 34.5 Å². The maximum Gasteiger partial charge on any atom is 0.139 e. The Morgan fingerprint density at radius 3 is 2.63 bits per heavy atom. The van der Waals surface area contributed by atoms with E-state index in [4.69, 9.17) is 27.9 Å². The fourth-order valence-corrected chi connectivity index (χ4v) is 4.47. The van der Waals surface area contributed by atoms with E-state index < -0.39 is 0 Å². The fourth-order valence-electron chi connectivity index (χ4n) is 2.95. The molecule has 4 nitrogen and oxygen atoms in total. The summed E-state index contributed by atoms with van der Waals surface area (Å²) in [5, 5.41) is 13.7. The first-order chi connectivity index (χ1) is 14.6. The minimum atomic E-state index is 0.415. The molecule has 0 saturated carbocycles. The van der Waals surface area contributed by atoms with Crippen LogP contribution in [0.25, 0.3) is 22.4 Å². The van der Waals surface area contributed by atoms with Crippen molar-refractivity contribution in [2.24, 2.45) is 0 Å². The third-order valence-corrected chi connectivity index (χ3v) is 6.14. The number of pyridine rings is 1. The van der Waals surface area contributed by atoms with Gasteiger partial charge in [0.05, 0.1) is 44.3 Å². The Labute approximate surface area is 188 Å². The Morgan fingerprint density at radius 1 is 1.10 bits per heavy atom. The highest BCUT2D eigenvalue weighted by molar-refractivity contribution is 7.20. The second-order valence-electron chi connectivity index (χ2n) is 6.36. The molecule has 4 rings (SSSR count). The third kappa shape index (κ3) is 4.12. The summed E-state index contributed by atoms with van der Waals surface area (Å²) in [6.45, 7) is 0. The number of hydrogen-bond acceptors (Lipinski definition) is 5. The van der Waals surface area contributed by atoms with E-state index in [0.717, 1.165) is 20.7 Å². The van der Waals surface area contributed by atoms with Crippen molar-refractivity contribution in [3.05, 3.63) is 80.8 Å². The van der Waals surface area contributed by atoms with Crippen LogP contribution in [0, 0.1) is 11.3 Å². The standard InChI is InChI=1S/C23H15Cl2N3OS/c1-29-21-11-19(17(24)10-18(21)25)28-22-15(12-26)13-27-20-9-16(30-23(20)22)8-7-14-5-3-2-4-6-14/h2-11,13H,1H3,(H,27,28)/b8-7+. The quantitative estimate of drug-likeness (QED) is 0.343. The van der Waals surface area contributed by atoms with Crippen molar-refractivity contribution >= 4 is 68.3 Å². The molecule has 0 aliphatic rings. The summed E-state index contributed by atoms with van der Waals surface area (Å²) in [5.74, 6) is 0.491. The van der Waals surface area contributed by atoms with Crippen molar-refractivity contribution in [1.29, 1.82) is 5.26 Å². The van der Waals surface area contributed by atoms with Gasteiger partial charge < -0.3 is 10.1 Å². The average molecular weight is 452 g/mol. The number of fused-ring (bicyclic) bond motifs is 1. The lowest BCUT2D eigenvalue weighted by atomic mass is 10.2. The SMILES string of the molecule is COc1cc(Nc2c(C#N)cnc3cc(/C=C/c4ccccc4)sc23)c(Cl)cc1Cl. The van der Waals surface area contributed by atoms with Crippen LogP contribution in [0.2, 0.25) is 10.0 Å². The van der Waals surface area contributed by atoms with E-state index in [-0.39, 0.29) is 0 Å². The number of anilines is 2. The molecule has 4 aromatic rings. The molecule has 2 heterocycles. The smallest absolute Gasteiger partial charge is 0.139 e. The van der Waals surface area contributed by atoms with E-state index in [1.165, 1.54) is 7.11 Å². The number of hydrogen-bond donors (Lipinski definition) is 1. The zero-order valence-corrected chi connectivity index (χ0v) is 18.1. The second-order valence-corrected chi connectivity index (χ2v) is 8.26. The predicted octanol–water partition coefficient (Wildman–Crippen LogP) is 7.40. The molecular formula is C23H15Cl2N3OS. The van der Waals surface area contributed by atoms with Gasteiger partial charge in [0.15, 0.2) is 0 Å². The highest BCUT2D eigenvalue weighted by Gasteiger charge is 2.15. The molecule has 0 saturated heterocycles. The molecule has 0 unspecified atom stereocenters. The van der Waals surface area contributed by atoms with Gasteiger partial charge in [0.2, 0.25) is 0 Å². The molecule has 1 N–H and O–H groups in total. The fraction of sp³-hybridized carbons (Fsp3) is 0.0435. The molecule has 2 aromatic carbocycles. The average Bonchev–Trinajstić information content (AvgIpc) is 3.18. The van der Waals surface area contributed by atoms with E-state index in [1.54, 1.807) is 29.7 Å². The molecule has 0 aliphatic heterocycles. The molecule has 148 valence electrons. The van der Waals surface area contributed by atoms with E-state index >= 15 is 0 Å². The minimum absolute atomic E-state index is 0.415. The molecule has 0 fully saturated rings. The summed E-state index contributed by atoms with van der Waals surface area (Å²) in [7, 11) is 1.54. The Bertz CT molecular complexity index is 1290. The Balaban J connectivity index is 1.76. The van der Waals surface area contributed by atoms with Gasteiger partial charge in [-0.2, -0.15) is 5.26 Å². The van der Waals surface area contributed by atoms with Crippen LogP contribution in [0.3, 0.4) is 0 Å². The zero-order chi connectivity index (χ0) is 21.1. The van der Waals surface area contributed by atoms with Gasteiger partial charge >= 0.3 is 0 Å². The number of nitrogens with zero attached hydrogens (tertiary/aromatic N) is 2. The van der Waals surface area contributed by atoms with Gasteiger partial charge in [0, 0.05) is 17.1 Å². The van der Waals surface area contributed by atoms with Crippen LogP contribution in [-0.4, -0.2) is 12.1 Å². The summed E-state index contributed by atoms with van der Waals surface area (Å²) in [6, 6.07) is 17.6. The maximum absolute atomic E-state index is 9.61. The lowest BCUT2D eigenvalue weighted by Gasteiger charge is -2.13. The third-order valence-electron chi connectivity index (χ3n) is 4.42. The van der Waals surface area contributed by atoms with Gasteiger partial charge in [-0.05, 0) is 23.8 Å². The van der Waals surface area contributed by atoms with Gasteiger partial charge in [-0.1, -0.05) is 59.6 Å². The Kier molecular flexibility index (Phi) is 5.91. The number of halogens is 2. The lowest BCUT2D eigenvalue weighted by molar-refractivity contribution is 0.415. The lowest BCUT2D eigenvalue weighted by Crippen LogP contribution is -1.97. The largest absolute Gasteiger partial charge is 0.495 e. The monoisotopic (exact) mass is 451 g/mol. The number of rotatable bonds is 5. The van der Waals surface area contributed by atoms with E-state index in [2.05, 4.69) is 16.4 Å². The number of methoxy groups -OCH3 is 1. The minimum Gasteiger partial charge on any atom is -0.495 e. The molecule has 7 heteroatoms. The van der Waals surface area contributed by atoms with Crippen LogP contribution in [-0.2, 0) is 0 Å². The molecule has 0 atom stereocenters. The van der Waals surface area contributed by atoms with Crippen LogP contribution in [0.1, 0.15) is 16.0 Å². The van der Waals surface area contributed by atoms with Crippen LogP contribution in [0.4, 0.5) is 11.4 Å². The number of aromatic nitrogens is 1. The number of nitrogens with one attached hydrogen (secondary N) is 1. The number of ether oxygens (including phenoxy) is 1. The summed E-state index contributed by atoms with van der Waals surface area (Å²) < 4.78 is 6.15. The number of thiophene rings is 1. The molecule has 2 aromatic heterocycles. The van der Waals surface area contributed by atoms with Crippen LogP contribution in [0.5, 0.6) is 5.75 Å². The number of benzene rings is 2. The second kappa shape index (κ2) is 8.76. The molecule has 0 spiro atoms. The summed E-state index contributed by atoms with van der Waals surface area (Å²) in [6.07, 6.45) is 5.64. The predicted molar refractivity (Wildman–Crippen MR) is 126 cm³/mol. The highest BCUT2D eigenvalue weighted by atomic mass is 35.5. The Hall–Kier alpha value is -3.04. The van der Waals surface area contributed by atoms with Crippen molar-refractivity contribution < 1.29 is 4.74 Å². The normalized spacial score (nSPS) is 11.0. The highest BCUT2D eigenvalue weighted by Crippen LogP contribution is 2.40. The Morgan fingerprint density at radius 2 is 1.90 bits per heavy atom. The van der Waals surface area contributed by atoms with Gasteiger partial charge in [-0.25, -0.2) is 0 Å².